The smallest absolute Gasteiger partial charge is 0.265 e. The lowest BCUT2D eigenvalue weighted by Crippen LogP contribution is -2.30. The van der Waals surface area contributed by atoms with E-state index < -0.39 is 16.1 Å². The van der Waals surface area contributed by atoms with Crippen molar-refractivity contribution in [2.45, 2.75) is 31.8 Å². The number of ether oxygens (including phenoxy) is 1. The number of nitrogens with one attached hydrogen (secondary N) is 2. The van der Waals surface area contributed by atoms with E-state index in [-0.39, 0.29) is 10.8 Å². The van der Waals surface area contributed by atoms with Gasteiger partial charge in [-0.2, -0.15) is 0 Å². The second kappa shape index (κ2) is 9.53. The average Bonchev–Trinajstić information content (AvgIpc) is 2.72. The van der Waals surface area contributed by atoms with Crippen LogP contribution in [0.4, 0.5) is 11.4 Å². The number of aryl methyl sites for hydroxylation is 2. The normalized spacial score (nSPS) is 12.1. The van der Waals surface area contributed by atoms with Crippen LogP contribution in [0.2, 0.25) is 0 Å². The van der Waals surface area contributed by atoms with Gasteiger partial charge in [-0.05, 0) is 80.9 Å². The van der Waals surface area contributed by atoms with Crippen LogP contribution in [0.3, 0.4) is 0 Å². The van der Waals surface area contributed by atoms with Crippen LogP contribution in [-0.2, 0) is 14.8 Å². The fourth-order valence-electron chi connectivity index (χ4n) is 2.87. The molecule has 1 atom stereocenters. The molecule has 31 heavy (non-hydrogen) atoms. The summed E-state index contributed by atoms with van der Waals surface area (Å²) in [4.78, 5) is 12.6. The van der Waals surface area contributed by atoms with Crippen LogP contribution in [0, 0.1) is 13.8 Å². The molecule has 3 aromatic rings. The summed E-state index contributed by atoms with van der Waals surface area (Å²) < 4.78 is 34.3. The number of hydrogen-bond donors (Lipinski definition) is 2. The zero-order chi connectivity index (χ0) is 22.6. The second-order valence-electron chi connectivity index (χ2n) is 7.16. The quantitative estimate of drug-likeness (QED) is 0.460. The molecule has 3 aromatic carbocycles. The Hall–Kier alpha value is -2.84. The Bertz CT molecular complexity index is 1180. The van der Waals surface area contributed by atoms with Gasteiger partial charge in [0.05, 0.1) is 4.90 Å². The molecule has 0 aliphatic rings. The number of sulfonamides is 1. The van der Waals surface area contributed by atoms with Gasteiger partial charge < -0.3 is 10.1 Å². The number of carbonyl (C=O) groups excluding carboxylic acids is 1. The third kappa shape index (κ3) is 6.08. The maximum Gasteiger partial charge on any atom is 0.265 e. The van der Waals surface area contributed by atoms with Gasteiger partial charge in [0, 0.05) is 15.8 Å². The Morgan fingerprint density at radius 3 is 2.16 bits per heavy atom. The van der Waals surface area contributed by atoms with E-state index in [2.05, 4.69) is 26.0 Å². The summed E-state index contributed by atoms with van der Waals surface area (Å²) in [5, 5.41) is 2.74. The Morgan fingerprint density at radius 1 is 0.935 bits per heavy atom. The molecule has 0 spiro atoms. The molecule has 6 nitrogen and oxygen atoms in total. The molecular weight excluding hydrogens is 480 g/mol. The lowest BCUT2D eigenvalue weighted by atomic mass is 10.1. The van der Waals surface area contributed by atoms with Crippen molar-refractivity contribution in [1.82, 2.24) is 0 Å². The van der Waals surface area contributed by atoms with E-state index in [1.165, 1.54) is 24.3 Å². The minimum absolute atomic E-state index is 0.0907. The van der Waals surface area contributed by atoms with Gasteiger partial charge in [0.1, 0.15) is 5.75 Å². The molecule has 0 unspecified atom stereocenters. The molecule has 0 saturated carbocycles. The van der Waals surface area contributed by atoms with Crippen LogP contribution >= 0.6 is 15.9 Å². The first-order chi connectivity index (χ1) is 14.6. The highest BCUT2D eigenvalue weighted by atomic mass is 79.9. The molecule has 2 N–H and O–H groups in total. The molecule has 162 valence electrons. The zero-order valence-electron chi connectivity index (χ0n) is 17.3. The summed E-state index contributed by atoms with van der Waals surface area (Å²) in [6.45, 7) is 5.58. The summed E-state index contributed by atoms with van der Waals surface area (Å²) in [6.07, 6.45) is -0.719. The first-order valence-electron chi connectivity index (χ1n) is 9.57. The molecule has 0 aromatic heterocycles. The van der Waals surface area contributed by atoms with Crippen LogP contribution < -0.4 is 14.8 Å². The van der Waals surface area contributed by atoms with Crippen molar-refractivity contribution in [3.05, 3.63) is 82.3 Å². The van der Waals surface area contributed by atoms with Gasteiger partial charge in [0.15, 0.2) is 6.10 Å². The predicted molar refractivity (Wildman–Crippen MR) is 126 cm³/mol. The summed E-state index contributed by atoms with van der Waals surface area (Å²) in [6, 6.07) is 18.5. The van der Waals surface area contributed by atoms with Crippen molar-refractivity contribution in [1.29, 1.82) is 0 Å². The Morgan fingerprint density at radius 2 is 1.55 bits per heavy atom. The maximum absolute atomic E-state index is 12.6. The SMILES string of the molecule is Cc1ccc(O[C@@H](C)C(=O)Nc2ccc(S(=O)(=O)Nc3ccc(Br)cc3)cc2)c(C)c1. The Labute approximate surface area is 190 Å². The van der Waals surface area contributed by atoms with E-state index in [0.29, 0.717) is 17.1 Å². The molecule has 0 bridgehead atoms. The molecule has 0 fully saturated rings. The number of hydrogen-bond acceptors (Lipinski definition) is 4. The van der Waals surface area contributed by atoms with Gasteiger partial charge in [0.25, 0.3) is 15.9 Å². The first kappa shape index (κ1) is 22.8. The summed E-state index contributed by atoms with van der Waals surface area (Å²) in [5.41, 5.74) is 3.00. The van der Waals surface area contributed by atoms with Crippen LogP contribution in [0.5, 0.6) is 5.75 Å². The molecule has 0 aliphatic carbocycles. The van der Waals surface area contributed by atoms with E-state index in [4.69, 9.17) is 4.74 Å². The average molecular weight is 503 g/mol. The van der Waals surface area contributed by atoms with Gasteiger partial charge in [-0.1, -0.05) is 33.6 Å². The van der Waals surface area contributed by atoms with Crippen LogP contribution in [0.25, 0.3) is 0 Å². The van der Waals surface area contributed by atoms with Crippen LogP contribution in [0.1, 0.15) is 18.1 Å². The molecule has 3 rings (SSSR count). The highest BCUT2D eigenvalue weighted by molar-refractivity contribution is 9.10. The Balaban J connectivity index is 1.63. The first-order valence-corrected chi connectivity index (χ1v) is 11.8. The summed E-state index contributed by atoms with van der Waals surface area (Å²) in [5.74, 6) is 0.317. The molecule has 0 radical (unpaired) electrons. The highest BCUT2D eigenvalue weighted by Gasteiger charge is 2.18. The minimum Gasteiger partial charge on any atom is -0.481 e. The number of halogens is 1. The van der Waals surface area contributed by atoms with Gasteiger partial charge in [-0.25, -0.2) is 8.42 Å². The fourth-order valence-corrected chi connectivity index (χ4v) is 4.19. The van der Waals surface area contributed by atoms with Gasteiger partial charge in [-0.15, -0.1) is 0 Å². The predicted octanol–water partition coefficient (Wildman–Crippen LogP) is 5.27. The standard InChI is InChI=1S/C23H23BrN2O4S/c1-15-4-13-22(16(2)14-15)30-17(3)23(27)25-19-9-11-21(12-10-19)31(28,29)26-20-7-5-18(24)6-8-20/h4-14,17,26H,1-3H3,(H,25,27)/t17-/m0/s1. The molecule has 0 aliphatic heterocycles. The van der Waals surface area contributed by atoms with Crippen LogP contribution in [0.15, 0.2) is 76.1 Å². The van der Waals surface area contributed by atoms with E-state index in [0.717, 1.165) is 15.6 Å². The molecule has 0 heterocycles. The van der Waals surface area contributed by atoms with E-state index in [1.54, 1.807) is 31.2 Å². The minimum atomic E-state index is -3.74. The van der Waals surface area contributed by atoms with Crippen molar-refractivity contribution >= 4 is 43.2 Å². The van der Waals surface area contributed by atoms with E-state index >= 15 is 0 Å². The zero-order valence-corrected chi connectivity index (χ0v) is 19.7. The second-order valence-corrected chi connectivity index (χ2v) is 9.75. The van der Waals surface area contributed by atoms with Crippen molar-refractivity contribution < 1.29 is 17.9 Å². The number of rotatable bonds is 7. The van der Waals surface area contributed by atoms with E-state index in [1.807, 2.05) is 32.0 Å². The van der Waals surface area contributed by atoms with Crippen LogP contribution in [-0.4, -0.2) is 20.4 Å². The molecular formula is C23H23BrN2O4S. The van der Waals surface area contributed by atoms with Crippen molar-refractivity contribution in [3.8, 4) is 5.75 Å². The lowest BCUT2D eigenvalue weighted by Gasteiger charge is -2.17. The molecule has 1 amide bonds. The number of carbonyl (C=O) groups is 1. The topological polar surface area (TPSA) is 84.5 Å². The Kier molecular flexibility index (Phi) is 7.02. The number of anilines is 2. The summed E-state index contributed by atoms with van der Waals surface area (Å²) in [7, 11) is -3.74. The number of amides is 1. The fraction of sp³-hybridized carbons (Fsp3) is 0.174. The molecule has 8 heteroatoms. The lowest BCUT2D eigenvalue weighted by molar-refractivity contribution is -0.122. The van der Waals surface area contributed by atoms with Crippen molar-refractivity contribution in [3.63, 3.8) is 0 Å². The largest absolute Gasteiger partial charge is 0.481 e. The van der Waals surface area contributed by atoms with Crippen molar-refractivity contribution in [2.75, 3.05) is 10.0 Å². The monoisotopic (exact) mass is 502 g/mol. The highest BCUT2D eigenvalue weighted by Crippen LogP contribution is 2.22. The third-order valence-electron chi connectivity index (χ3n) is 4.53. The van der Waals surface area contributed by atoms with Gasteiger partial charge in [0.2, 0.25) is 0 Å². The number of benzene rings is 3. The molecule has 0 saturated heterocycles. The third-order valence-corrected chi connectivity index (χ3v) is 6.46. The van der Waals surface area contributed by atoms with Gasteiger partial charge >= 0.3 is 0 Å². The summed E-state index contributed by atoms with van der Waals surface area (Å²) >= 11 is 3.31. The van der Waals surface area contributed by atoms with Gasteiger partial charge in [-0.3, -0.25) is 9.52 Å². The maximum atomic E-state index is 12.6. The van der Waals surface area contributed by atoms with E-state index in [9.17, 15) is 13.2 Å². The van der Waals surface area contributed by atoms with Crippen molar-refractivity contribution in [2.24, 2.45) is 0 Å².